The van der Waals surface area contributed by atoms with Crippen LogP contribution in [0.15, 0.2) is 18.2 Å². The average molecular weight is 280 g/mol. The molecule has 2 rings (SSSR count). The van der Waals surface area contributed by atoms with E-state index in [0.717, 1.165) is 29.9 Å². The van der Waals surface area contributed by atoms with Gasteiger partial charge >= 0.3 is 0 Å². The molecule has 0 aliphatic heterocycles. The van der Waals surface area contributed by atoms with E-state index in [-0.39, 0.29) is 0 Å². The Balaban J connectivity index is 1.66. The molecular formula is C17H26ClN. The molecular weight excluding hydrogens is 254 g/mol. The number of nitrogens with one attached hydrogen (secondary N) is 1. The van der Waals surface area contributed by atoms with Crippen molar-refractivity contribution >= 4 is 11.6 Å². The summed E-state index contributed by atoms with van der Waals surface area (Å²) in [4.78, 5) is 0. The van der Waals surface area contributed by atoms with E-state index in [1.165, 1.54) is 43.2 Å². The molecule has 1 aliphatic carbocycles. The number of rotatable bonds is 5. The van der Waals surface area contributed by atoms with Crippen molar-refractivity contribution in [2.24, 2.45) is 11.8 Å². The SMILES string of the molecule is Cc1cc(Cl)ccc1CNCCC1CCC(C)CC1. The minimum absolute atomic E-state index is 0.831. The molecule has 0 aromatic heterocycles. The highest BCUT2D eigenvalue weighted by Gasteiger charge is 2.17. The number of benzene rings is 1. The molecule has 0 radical (unpaired) electrons. The zero-order valence-corrected chi connectivity index (χ0v) is 13.0. The van der Waals surface area contributed by atoms with Gasteiger partial charge in [0.2, 0.25) is 0 Å². The quantitative estimate of drug-likeness (QED) is 0.752. The molecule has 1 aliphatic rings. The van der Waals surface area contributed by atoms with Gasteiger partial charge in [-0.25, -0.2) is 0 Å². The van der Waals surface area contributed by atoms with E-state index in [0.29, 0.717) is 0 Å². The van der Waals surface area contributed by atoms with Gasteiger partial charge in [0.05, 0.1) is 0 Å². The van der Waals surface area contributed by atoms with Gasteiger partial charge in [0, 0.05) is 11.6 Å². The second-order valence-corrected chi connectivity index (χ2v) is 6.60. The summed E-state index contributed by atoms with van der Waals surface area (Å²) in [5, 5.41) is 4.41. The maximum absolute atomic E-state index is 5.97. The van der Waals surface area contributed by atoms with Crippen LogP contribution >= 0.6 is 11.6 Å². The highest BCUT2D eigenvalue weighted by Crippen LogP contribution is 2.29. The largest absolute Gasteiger partial charge is 0.313 e. The molecule has 0 amide bonds. The summed E-state index contributed by atoms with van der Waals surface area (Å²) in [5.74, 6) is 1.91. The lowest BCUT2D eigenvalue weighted by molar-refractivity contribution is 0.275. The van der Waals surface area contributed by atoms with Crippen molar-refractivity contribution in [1.82, 2.24) is 5.32 Å². The van der Waals surface area contributed by atoms with Gasteiger partial charge in [-0.15, -0.1) is 0 Å². The molecule has 1 N–H and O–H groups in total. The monoisotopic (exact) mass is 279 g/mol. The zero-order valence-electron chi connectivity index (χ0n) is 12.2. The lowest BCUT2D eigenvalue weighted by Gasteiger charge is -2.26. The third-order valence-corrected chi connectivity index (χ3v) is 4.72. The van der Waals surface area contributed by atoms with Gasteiger partial charge in [0.15, 0.2) is 0 Å². The maximum Gasteiger partial charge on any atom is 0.0408 e. The van der Waals surface area contributed by atoms with Crippen LogP contribution in [0.5, 0.6) is 0 Å². The summed E-state index contributed by atoms with van der Waals surface area (Å²) in [6.45, 7) is 6.62. The first-order valence-corrected chi connectivity index (χ1v) is 7.98. The molecule has 0 spiro atoms. The summed E-state index contributed by atoms with van der Waals surface area (Å²) < 4.78 is 0. The average Bonchev–Trinajstić information content (AvgIpc) is 2.39. The second-order valence-electron chi connectivity index (χ2n) is 6.16. The van der Waals surface area contributed by atoms with Crippen LogP contribution in [0.25, 0.3) is 0 Å². The predicted molar refractivity (Wildman–Crippen MR) is 83.6 cm³/mol. The van der Waals surface area contributed by atoms with E-state index in [4.69, 9.17) is 11.6 Å². The molecule has 0 saturated heterocycles. The Hall–Kier alpha value is -0.530. The van der Waals surface area contributed by atoms with Gasteiger partial charge in [0.1, 0.15) is 0 Å². The Morgan fingerprint density at radius 1 is 1.21 bits per heavy atom. The van der Waals surface area contributed by atoms with Gasteiger partial charge in [-0.05, 0) is 55.0 Å². The van der Waals surface area contributed by atoms with Crippen LogP contribution in [-0.4, -0.2) is 6.54 Å². The minimum atomic E-state index is 0.831. The van der Waals surface area contributed by atoms with E-state index in [9.17, 15) is 0 Å². The zero-order chi connectivity index (χ0) is 13.7. The highest BCUT2D eigenvalue weighted by atomic mass is 35.5. The molecule has 1 aromatic carbocycles. The Morgan fingerprint density at radius 3 is 2.63 bits per heavy atom. The molecule has 0 heterocycles. The Kier molecular flexibility index (Phi) is 5.72. The van der Waals surface area contributed by atoms with Crippen molar-refractivity contribution < 1.29 is 0 Å². The molecule has 2 heteroatoms. The minimum Gasteiger partial charge on any atom is -0.313 e. The molecule has 0 unspecified atom stereocenters. The highest BCUT2D eigenvalue weighted by molar-refractivity contribution is 6.30. The van der Waals surface area contributed by atoms with Crippen LogP contribution in [0.2, 0.25) is 5.02 Å². The molecule has 1 nitrogen and oxygen atoms in total. The van der Waals surface area contributed by atoms with E-state index < -0.39 is 0 Å². The van der Waals surface area contributed by atoms with Gasteiger partial charge in [-0.1, -0.05) is 50.3 Å². The first-order valence-electron chi connectivity index (χ1n) is 7.61. The fourth-order valence-corrected chi connectivity index (χ4v) is 3.23. The van der Waals surface area contributed by atoms with E-state index in [1.54, 1.807) is 0 Å². The maximum atomic E-state index is 5.97. The Bertz CT molecular complexity index is 394. The number of hydrogen-bond acceptors (Lipinski definition) is 1. The predicted octanol–water partition coefficient (Wildman–Crippen LogP) is 4.95. The van der Waals surface area contributed by atoms with Crippen molar-refractivity contribution in [3.63, 3.8) is 0 Å². The molecule has 1 aromatic rings. The summed E-state index contributed by atoms with van der Waals surface area (Å²) in [5.41, 5.74) is 2.65. The molecule has 1 saturated carbocycles. The fourth-order valence-electron chi connectivity index (χ4n) is 3.00. The van der Waals surface area contributed by atoms with Crippen LogP contribution in [0.3, 0.4) is 0 Å². The van der Waals surface area contributed by atoms with E-state index in [2.05, 4.69) is 25.2 Å². The normalized spacial score (nSPS) is 23.5. The van der Waals surface area contributed by atoms with Gasteiger partial charge in [-0.2, -0.15) is 0 Å². The Labute approximate surface area is 122 Å². The van der Waals surface area contributed by atoms with E-state index in [1.807, 2.05) is 12.1 Å². The topological polar surface area (TPSA) is 12.0 Å². The van der Waals surface area contributed by atoms with Crippen LogP contribution < -0.4 is 5.32 Å². The molecule has 19 heavy (non-hydrogen) atoms. The van der Waals surface area contributed by atoms with Gasteiger partial charge in [-0.3, -0.25) is 0 Å². The fraction of sp³-hybridized carbons (Fsp3) is 0.647. The number of halogens is 1. The third kappa shape index (κ3) is 4.81. The first kappa shape index (κ1) is 14.9. The number of aryl methyl sites for hydroxylation is 1. The summed E-state index contributed by atoms with van der Waals surface area (Å²) in [6, 6.07) is 6.15. The van der Waals surface area contributed by atoms with Gasteiger partial charge in [0.25, 0.3) is 0 Å². The lowest BCUT2D eigenvalue weighted by atomic mass is 9.81. The molecule has 106 valence electrons. The van der Waals surface area contributed by atoms with Crippen molar-refractivity contribution in [3.05, 3.63) is 34.3 Å². The van der Waals surface area contributed by atoms with Crippen LogP contribution in [0, 0.1) is 18.8 Å². The third-order valence-electron chi connectivity index (χ3n) is 4.48. The second kappa shape index (κ2) is 7.31. The lowest BCUT2D eigenvalue weighted by Crippen LogP contribution is -2.20. The van der Waals surface area contributed by atoms with Crippen LogP contribution in [-0.2, 0) is 6.54 Å². The summed E-state index contributed by atoms with van der Waals surface area (Å²) in [7, 11) is 0. The first-order chi connectivity index (χ1) is 9.15. The van der Waals surface area contributed by atoms with E-state index >= 15 is 0 Å². The van der Waals surface area contributed by atoms with Crippen molar-refractivity contribution in [2.45, 2.75) is 52.5 Å². The molecule has 0 bridgehead atoms. The Morgan fingerprint density at radius 2 is 1.95 bits per heavy atom. The smallest absolute Gasteiger partial charge is 0.0408 e. The summed E-state index contributed by atoms with van der Waals surface area (Å²) in [6.07, 6.45) is 7.06. The number of hydrogen-bond donors (Lipinski definition) is 1. The van der Waals surface area contributed by atoms with Crippen LogP contribution in [0.4, 0.5) is 0 Å². The van der Waals surface area contributed by atoms with Crippen LogP contribution in [0.1, 0.15) is 50.2 Å². The summed E-state index contributed by atoms with van der Waals surface area (Å²) >= 11 is 5.97. The van der Waals surface area contributed by atoms with Crippen molar-refractivity contribution in [1.29, 1.82) is 0 Å². The van der Waals surface area contributed by atoms with Gasteiger partial charge < -0.3 is 5.32 Å². The molecule has 1 fully saturated rings. The molecule has 0 atom stereocenters. The standard InChI is InChI=1S/C17H26ClN/c1-13-3-5-15(6-4-13)9-10-19-12-16-7-8-17(18)11-14(16)2/h7-8,11,13,15,19H,3-6,9-10,12H2,1-2H3. The van der Waals surface area contributed by atoms with Crippen molar-refractivity contribution in [2.75, 3.05) is 6.54 Å². The van der Waals surface area contributed by atoms with Crippen molar-refractivity contribution in [3.8, 4) is 0 Å².